The van der Waals surface area contributed by atoms with Crippen molar-refractivity contribution in [1.29, 1.82) is 5.26 Å². The third kappa shape index (κ3) is 6.07. The molecule has 0 saturated carbocycles. The van der Waals surface area contributed by atoms with E-state index in [1.165, 1.54) is 37.5 Å². The number of unbranched alkanes of at least 4 members (excludes halogenated alkanes) is 1. The molecule has 8 nitrogen and oxygen atoms in total. The maximum absolute atomic E-state index is 12.4. The molecule has 0 aliphatic carbocycles. The summed E-state index contributed by atoms with van der Waals surface area (Å²) in [5.41, 5.74) is 0.491. The van der Waals surface area contributed by atoms with Gasteiger partial charge in [0.2, 0.25) is 0 Å². The zero-order valence-corrected chi connectivity index (χ0v) is 16.2. The number of rotatable bonds is 9. The second kappa shape index (κ2) is 10.5. The van der Waals surface area contributed by atoms with Crippen molar-refractivity contribution in [3.05, 3.63) is 63.7 Å². The summed E-state index contributed by atoms with van der Waals surface area (Å²) in [6.45, 7) is 2.63. The average molecular weight is 395 g/mol. The number of hydrogen-bond donors (Lipinski definition) is 1. The molecule has 0 atom stereocenters. The molecule has 0 aromatic heterocycles. The molecule has 0 unspecified atom stereocenters. The first kappa shape index (κ1) is 21.4. The van der Waals surface area contributed by atoms with Crippen molar-refractivity contribution in [1.82, 2.24) is 0 Å². The number of hydrogen-bond acceptors (Lipinski definition) is 6. The van der Waals surface area contributed by atoms with Crippen molar-refractivity contribution >= 4 is 23.4 Å². The fourth-order valence-corrected chi connectivity index (χ4v) is 2.43. The smallest absolute Gasteiger partial charge is 0.271 e. The van der Waals surface area contributed by atoms with Gasteiger partial charge in [0.15, 0.2) is 11.5 Å². The number of nitro benzene ring substituents is 1. The van der Waals surface area contributed by atoms with Crippen LogP contribution in [0.3, 0.4) is 0 Å². The SMILES string of the molecule is CCCCOc1ccc(C=C(C#N)C(=O)Nc2cccc([N+](=O)[O-])c2)cc1OC. The number of carbonyl (C=O) groups excluding carboxylic acids is 1. The summed E-state index contributed by atoms with van der Waals surface area (Å²) in [4.78, 5) is 22.7. The Balaban J connectivity index is 2.20. The van der Waals surface area contributed by atoms with Gasteiger partial charge in [0, 0.05) is 17.8 Å². The Bertz CT molecular complexity index is 963. The Morgan fingerprint density at radius 3 is 2.72 bits per heavy atom. The molecule has 0 aliphatic heterocycles. The quantitative estimate of drug-likeness (QED) is 0.222. The molecule has 0 spiro atoms. The fraction of sp³-hybridized carbons (Fsp3) is 0.238. The topological polar surface area (TPSA) is 114 Å². The Morgan fingerprint density at radius 2 is 2.07 bits per heavy atom. The highest BCUT2D eigenvalue weighted by atomic mass is 16.6. The van der Waals surface area contributed by atoms with Crippen molar-refractivity contribution in [2.75, 3.05) is 19.0 Å². The predicted octanol–water partition coefficient (Wildman–Crippen LogP) is 4.33. The molecule has 2 aromatic carbocycles. The van der Waals surface area contributed by atoms with Crippen molar-refractivity contribution in [2.24, 2.45) is 0 Å². The molecule has 0 aliphatic rings. The molecule has 150 valence electrons. The van der Waals surface area contributed by atoms with Gasteiger partial charge in [0.05, 0.1) is 18.6 Å². The third-order valence-corrected chi connectivity index (χ3v) is 3.93. The van der Waals surface area contributed by atoms with Gasteiger partial charge in [-0.25, -0.2) is 0 Å². The minimum absolute atomic E-state index is 0.154. The van der Waals surface area contributed by atoms with Crippen molar-refractivity contribution < 1.29 is 19.2 Å². The highest BCUT2D eigenvalue weighted by Gasteiger charge is 2.13. The van der Waals surface area contributed by atoms with E-state index in [0.717, 1.165) is 12.8 Å². The van der Waals surface area contributed by atoms with E-state index in [1.54, 1.807) is 18.2 Å². The highest BCUT2D eigenvalue weighted by Crippen LogP contribution is 2.29. The summed E-state index contributed by atoms with van der Waals surface area (Å²) < 4.78 is 11.0. The summed E-state index contributed by atoms with van der Waals surface area (Å²) in [6.07, 6.45) is 3.33. The van der Waals surface area contributed by atoms with E-state index in [0.29, 0.717) is 23.7 Å². The van der Waals surface area contributed by atoms with Gasteiger partial charge in [-0.1, -0.05) is 25.5 Å². The summed E-state index contributed by atoms with van der Waals surface area (Å²) in [5.74, 6) is 0.402. The standard InChI is InChI=1S/C21H21N3O5/c1-3-4-10-29-19-9-8-15(12-20(19)28-2)11-16(14-22)21(25)23-17-6-5-7-18(13-17)24(26)27/h5-9,11-13H,3-4,10H2,1-2H3,(H,23,25). The van der Waals surface area contributed by atoms with Crippen molar-refractivity contribution in [3.8, 4) is 17.6 Å². The number of ether oxygens (including phenoxy) is 2. The van der Waals surface area contributed by atoms with Gasteiger partial charge >= 0.3 is 0 Å². The van der Waals surface area contributed by atoms with E-state index in [9.17, 15) is 20.2 Å². The van der Waals surface area contributed by atoms with E-state index in [1.807, 2.05) is 6.07 Å². The van der Waals surface area contributed by atoms with Crippen molar-refractivity contribution in [3.63, 3.8) is 0 Å². The number of non-ortho nitro benzene ring substituents is 1. The summed E-state index contributed by atoms with van der Waals surface area (Å²) in [7, 11) is 1.51. The van der Waals surface area contributed by atoms with E-state index < -0.39 is 10.8 Å². The largest absolute Gasteiger partial charge is 0.493 e. The second-order valence-corrected chi connectivity index (χ2v) is 6.04. The molecule has 1 N–H and O–H groups in total. The Hall–Kier alpha value is -3.86. The van der Waals surface area contributed by atoms with Crippen LogP contribution in [0, 0.1) is 21.4 Å². The monoisotopic (exact) mass is 395 g/mol. The number of nitrogens with zero attached hydrogens (tertiary/aromatic N) is 2. The Labute approximate surface area is 168 Å². The van der Waals surface area contributed by atoms with E-state index in [4.69, 9.17) is 9.47 Å². The summed E-state index contributed by atoms with van der Waals surface area (Å²) in [5, 5.41) is 22.7. The molecule has 0 bridgehead atoms. The maximum Gasteiger partial charge on any atom is 0.271 e. The second-order valence-electron chi connectivity index (χ2n) is 6.04. The predicted molar refractivity (Wildman–Crippen MR) is 109 cm³/mol. The van der Waals surface area contributed by atoms with Gasteiger partial charge in [-0.05, 0) is 36.3 Å². The normalized spacial score (nSPS) is 10.7. The molecule has 1 amide bonds. The lowest BCUT2D eigenvalue weighted by molar-refractivity contribution is -0.384. The molecule has 0 saturated heterocycles. The number of nitrogens with one attached hydrogen (secondary N) is 1. The van der Waals surface area contributed by atoms with Gasteiger partial charge in [-0.15, -0.1) is 0 Å². The van der Waals surface area contributed by atoms with Crippen molar-refractivity contribution in [2.45, 2.75) is 19.8 Å². The molecular formula is C21H21N3O5. The van der Waals surface area contributed by atoms with Crippen LogP contribution < -0.4 is 14.8 Å². The van der Waals surface area contributed by atoms with E-state index >= 15 is 0 Å². The first-order valence-corrected chi connectivity index (χ1v) is 8.97. The number of anilines is 1. The van der Waals surface area contributed by atoms with Crippen LogP contribution in [0.2, 0.25) is 0 Å². The van der Waals surface area contributed by atoms with Gasteiger partial charge in [-0.2, -0.15) is 5.26 Å². The van der Waals surface area contributed by atoms with Crippen LogP contribution in [-0.2, 0) is 4.79 Å². The fourth-order valence-electron chi connectivity index (χ4n) is 2.43. The lowest BCUT2D eigenvalue weighted by Crippen LogP contribution is -2.13. The molecule has 0 radical (unpaired) electrons. The first-order chi connectivity index (χ1) is 14.0. The zero-order chi connectivity index (χ0) is 21.2. The number of amides is 1. The van der Waals surface area contributed by atoms with Crippen LogP contribution in [0.1, 0.15) is 25.3 Å². The number of nitro groups is 1. The number of carbonyl (C=O) groups is 1. The minimum Gasteiger partial charge on any atom is -0.493 e. The van der Waals surface area contributed by atoms with Crippen LogP contribution in [0.4, 0.5) is 11.4 Å². The number of benzene rings is 2. The lowest BCUT2D eigenvalue weighted by atomic mass is 10.1. The van der Waals surface area contributed by atoms with Crippen LogP contribution in [-0.4, -0.2) is 24.5 Å². The maximum atomic E-state index is 12.4. The molecular weight excluding hydrogens is 374 g/mol. The average Bonchev–Trinajstić information content (AvgIpc) is 2.72. The zero-order valence-electron chi connectivity index (χ0n) is 16.2. The number of methoxy groups -OCH3 is 1. The van der Waals surface area contributed by atoms with Gasteiger partial charge < -0.3 is 14.8 Å². The van der Waals surface area contributed by atoms with Crippen LogP contribution in [0.25, 0.3) is 6.08 Å². The van der Waals surface area contributed by atoms with E-state index in [-0.39, 0.29) is 16.9 Å². The summed E-state index contributed by atoms with van der Waals surface area (Å²) in [6, 6.07) is 12.4. The Kier molecular flexibility index (Phi) is 7.74. The molecule has 0 heterocycles. The van der Waals surface area contributed by atoms with Crippen LogP contribution in [0.15, 0.2) is 48.0 Å². The van der Waals surface area contributed by atoms with Crippen LogP contribution >= 0.6 is 0 Å². The summed E-state index contributed by atoms with van der Waals surface area (Å²) >= 11 is 0. The van der Waals surface area contributed by atoms with Gasteiger partial charge in [-0.3, -0.25) is 14.9 Å². The van der Waals surface area contributed by atoms with Gasteiger partial charge in [0.25, 0.3) is 11.6 Å². The highest BCUT2D eigenvalue weighted by molar-refractivity contribution is 6.09. The molecule has 0 fully saturated rings. The lowest BCUT2D eigenvalue weighted by Gasteiger charge is -2.11. The first-order valence-electron chi connectivity index (χ1n) is 8.97. The molecule has 2 aromatic rings. The molecule has 2 rings (SSSR count). The van der Waals surface area contributed by atoms with Crippen LogP contribution in [0.5, 0.6) is 11.5 Å². The van der Waals surface area contributed by atoms with E-state index in [2.05, 4.69) is 12.2 Å². The number of nitriles is 1. The Morgan fingerprint density at radius 1 is 1.28 bits per heavy atom. The molecule has 8 heteroatoms. The van der Waals surface area contributed by atoms with Gasteiger partial charge in [0.1, 0.15) is 11.6 Å². The minimum atomic E-state index is -0.671. The third-order valence-electron chi connectivity index (χ3n) is 3.93. The molecule has 29 heavy (non-hydrogen) atoms.